The van der Waals surface area contributed by atoms with Crippen LogP contribution in [0.3, 0.4) is 0 Å². The van der Waals surface area contributed by atoms with Crippen molar-refractivity contribution in [3.8, 4) is 0 Å². The zero-order valence-electron chi connectivity index (χ0n) is 26.2. The van der Waals surface area contributed by atoms with Crippen molar-refractivity contribution in [1.82, 2.24) is 25.0 Å². The number of allylic oxidation sites excluding steroid dienone is 1. The van der Waals surface area contributed by atoms with Gasteiger partial charge in [0.15, 0.2) is 0 Å². The number of amides is 4. The lowest BCUT2D eigenvalue weighted by molar-refractivity contribution is -0.141. The predicted molar refractivity (Wildman–Crippen MR) is 167 cm³/mol. The van der Waals surface area contributed by atoms with Crippen molar-refractivity contribution in [3.63, 3.8) is 0 Å². The number of hydrogen-bond acceptors (Lipinski definition) is 7. The molecule has 246 valence electrons. The molecule has 13 heteroatoms. The van der Waals surface area contributed by atoms with Crippen LogP contribution in [0.1, 0.15) is 90.0 Å². The van der Waals surface area contributed by atoms with Gasteiger partial charge in [0, 0.05) is 24.4 Å². The van der Waals surface area contributed by atoms with E-state index in [1.54, 1.807) is 20.8 Å². The van der Waals surface area contributed by atoms with Gasteiger partial charge in [0.1, 0.15) is 23.2 Å². The molecule has 2 heterocycles. The van der Waals surface area contributed by atoms with Crippen LogP contribution in [-0.4, -0.2) is 72.9 Å². The molecule has 3 unspecified atom stereocenters. The van der Waals surface area contributed by atoms with Gasteiger partial charge in [-0.05, 0) is 71.3 Å². The van der Waals surface area contributed by atoms with E-state index in [9.17, 15) is 27.6 Å². The highest BCUT2D eigenvalue weighted by molar-refractivity contribution is 7.88. The normalized spacial score (nSPS) is 31.3. The number of alkyl carbamates (subject to hydrolysis) is 1. The van der Waals surface area contributed by atoms with E-state index in [4.69, 9.17) is 4.74 Å². The molecule has 1 aromatic rings. The maximum Gasteiger partial charge on any atom is 0.408 e. The Morgan fingerprint density at radius 1 is 1.04 bits per heavy atom. The zero-order chi connectivity index (χ0) is 32.4. The Morgan fingerprint density at radius 2 is 1.80 bits per heavy atom. The van der Waals surface area contributed by atoms with E-state index in [0.29, 0.717) is 38.6 Å². The summed E-state index contributed by atoms with van der Waals surface area (Å²) in [6.45, 7) is 5.55. The standard InChI is InChI=1S/C32H45N5O7S/c1-31(2,3)44-30(41)33-24-16-11-6-4-5-10-15-22-20-32(22,34-27(38)26-17-12-18-37(26)28(24)39)29(40)36-45(42,43)35-25-19-23(25)21-13-8-7-9-14-21/h7-10,13-15,22-26,35H,4-6,11-12,16-20H2,1-3H3,(H,33,41)(H,34,38)(H,36,40)/b15-10-/t22-,23?,24?,25?,26-,32+/m0/s1. The molecular weight excluding hydrogens is 598 g/mol. The van der Waals surface area contributed by atoms with Crippen LogP contribution >= 0.6 is 0 Å². The number of ether oxygens (including phenoxy) is 1. The third-order valence-corrected chi connectivity index (χ3v) is 9.94. The van der Waals surface area contributed by atoms with E-state index in [1.807, 2.05) is 42.5 Å². The maximum absolute atomic E-state index is 13.7. The van der Waals surface area contributed by atoms with Crippen LogP contribution < -0.4 is 20.1 Å². The first-order valence-electron chi connectivity index (χ1n) is 16.0. The average Bonchev–Trinajstić information content (AvgIpc) is 3.81. The van der Waals surface area contributed by atoms with Gasteiger partial charge in [0.2, 0.25) is 11.8 Å². The summed E-state index contributed by atoms with van der Waals surface area (Å²) in [5.41, 5.74) is -1.16. The SMILES string of the molecule is CC(C)(C)OC(=O)NC1CCCCC/C=C\[C@H]2C[C@@]2(C(=O)NS(=O)(=O)NC2CC2c2ccccc2)NC(=O)[C@@H]2CCCN2C1=O. The molecule has 2 aliphatic carbocycles. The highest BCUT2D eigenvalue weighted by Crippen LogP contribution is 2.46. The van der Waals surface area contributed by atoms with Gasteiger partial charge in [-0.25, -0.2) is 9.52 Å². The lowest BCUT2D eigenvalue weighted by atomic mass is 10.0. The summed E-state index contributed by atoms with van der Waals surface area (Å²) in [6.07, 6.45) is 8.42. The highest BCUT2D eigenvalue weighted by atomic mass is 32.2. The molecule has 1 saturated heterocycles. The van der Waals surface area contributed by atoms with Crippen molar-refractivity contribution in [2.24, 2.45) is 5.92 Å². The molecule has 4 amide bonds. The Labute approximate surface area is 265 Å². The number of nitrogens with zero attached hydrogens (tertiary/aromatic N) is 1. The molecule has 0 bridgehead atoms. The molecule has 4 aliphatic rings. The molecular formula is C32H45N5O7S. The minimum absolute atomic E-state index is 0.0327. The first kappa shape index (κ1) is 32.9. The van der Waals surface area contributed by atoms with Crippen LogP contribution in [0, 0.1) is 5.92 Å². The van der Waals surface area contributed by atoms with Crippen LogP contribution in [0.4, 0.5) is 4.79 Å². The fourth-order valence-corrected chi connectivity index (χ4v) is 7.52. The molecule has 4 N–H and O–H groups in total. The summed E-state index contributed by atoms with van der Waals surface area (Å²) in [4.78, 5) is 55.1. The lowest BCUT2D eigenvalue weighted by Gasteiger charge is -2.30. The van der Waals surface area contributed by atoms with Crippen molar-refractivity contribution >= 4 is 34.0 Å². The lowest BCUT2D eigenvalue weighted by Crippen LogP contribution is -2.59. The number of fused-ring (bicyclic) bond motifs is 2. The van der Waals surface area contributed by atoms with Crippen LogP contribution in [0.2, 0.25) is 0 Å². The minimum Gasteiger partial charge on any atom is -0.444 e. The van der Waals surface area contributed by atoms with Crippen LogP contribution in [0.5, 0.6) is 0 Å². The third kappa shape index (κ3) is 8.23. The summed E-state index contributed by atoms with van der Waals surface area (Å²) in [5, 5.41) is 5.55. The molecule has 2 saturated carbocycles. The van der Waals surface area contributed by atoms with Gasteiger partial charge in [0.25, 0.3) is 5.91 Å². The molecule has 0 aromatic heterocycles. The van der Waals surface area contributed by atoms with Crippen LogP contribution in [0.15, 0.2) is 42.5 Å². The summed E-state index contributed by atoms with van der Waals surface area (Å²) in [6, 6.07) is 7.53. The molecule has 45 heavy (non-hydrogen) atoms. The number of carbonyl (C=O) groups excluding carboxylic acids is 4. The summed E-state index contributed by atoms with van der Waals surface area (Å²) in [7, 11) is -4.20. The van der Waals surface area contributed by atoms with Crippen LogP contribution in [-0.2, 0) is 29.3 Å². The minimum atomic E-state index is -4.20. The van der Waals surface area contributed by atoms with E-state index in [2.05, 4.69) is 20.1 Å². The third-order valence-electron chi connectivity index (χ3n) is 8.88. The topological polar surface area (TPSA) is 163 Å². The largest absolute Gasteiger partial charge is 0.444 e. The molecule has 5 rings (SSSR count). The number of hydrogen-bond donors (Lipinski definition) is 4. The van der Waals surface area contributed by atoms with Gasteiger partial charge in [0.05, 0.1) is 0 Å². The van der Waals surface area contributed by atoms with Gasteiger partial charge >= 0.3 is 16.3 Å². The quantitative estimate of drug-likeness (QED) is 0.347. The van der Waals surface area contributed by atoms with Gasteiger partial charge in [-0.1, -0.05) is 55.3 Å². The second-order valence-corrected chi connectivity index (χ2v) is 15.1. The Balaban J connectivity index is 1.29. The van der Waals surface area contributed by atoms with E-state index >= 15 is 0 Å². The molecule has 1 aromatic carbocycles. The number of rotatable bonds is 6. The Hall–Kier alpha value is -3.45. The van der Waals surface area contributed by atoms with E-state index in [1.165, 1.54) is 4.90 Å². The predicted octanol–water partition coefficient (Wildman–Crippen LogP) is 2.77. The van der Waals surface area contributed by atoms with Crippen molar-refractivity contribution in [1.29, 1.82) is 0 Å². The number of nitrogens with one attached hydrogen (secondary N) is 4. The van der Waals surface area contributed by atoms with E-state index in [0.717, 1.165) is 24.8 Å². The van der Waals surface area contributed by atoms with Gasteiger partial charge < -0.3 is 20.3 Å². The van der Waals surface area contributed by atoms with Crippen molar-refractivity contribution in [2.45, 2.75) is 114 Å². The van der Waals surface area contributed by atoms with Crippen molar-refractivity contribution < 1.29 is 32.3 Å². The maximum atomic E-state index is 13.7. The molecule has 6 atom stereocenters. The van der Waals surface area contributed by atoms with E-state index in [-0.39, 0.29) is 30.2 Å². The van der Waals surface area contributed by atoms with Crippen LogP contribution in [0.25, 0.3) is 0 Å². The zero-order valence-corrected chi connectivity index (χ0v) is 27.0. The smallest absolute Gasteiger partial charge is 0.408 e. The van der Waals surface area contributed by atoms with Crippen molar-refractivity contribution in [2.75, 3.05) is 6.54 Å². The second-order valence-electron chi connectivity index (χ2n) is 13.6. The monoisotopic (exact) mass is 643 g/mol. The summed E-state index contributed by atoms with van der Waals surface area (Å²) in [5.74, 6) is -2.05. The Morgan fingerprint density at radius 3 is 2.53 bits per heavy atom. The summed E-state index contributed by atoms with van der Waals surface area (Å²) >= 11 is 0. The van der Waals surface area contributed by atoms with Gasteiger partial charge in [-0.3, -0.25) is 14.4 Å². The number of benzene rings is 1. The Bertz CT molecular complexity index is 1430. The summed E-state index contributed by atoms with van der Waals surface area (Å²) < 4.78 is 36.2. The van der Waals surface area contributed by atoms with Gasteiger partial charge in [-0.15, -0.1) is 0 Å². The molecule has 2 aliphatic heterocycles. The fraction of sp³-hybridized carbons (Fsp3) is 0.625. The molecule has 0 radical (unpaired) electrons. The second kappa shape index (κ2) is 13.1. The fourth-order valence-electron chi connectivity index (χ4n) is 6.38. The first-order chi connectivity index (χ1) is 21.3. The average molecular weight is 644 g/mol. The number of carbonyl (C=O) groups is 4. The molecule has 3 fully saturated rings. The Kier molecular flexibility index (Phi) is 9.60. The first-order valence-corrected chi connectivity index (χ1v) is 17.4. The van der Waals surface area contributed by atoms with E-state index < -0.39 is 51.3 Å². The molecule has 0 spiro atoms. The van der Waals surface area contributed by atoms with Gasteiger partial charge in [-0.2, -0.15) is 13.1 Å². The van der Waals surface area contributed by atoms with Crippen molar-refractivity contribution in [3.05, 3.63) is 48.0 Å². The molecule has 12 nitrogen and oxygen atoms in total. The highest BCUT2D eigenvalue weighted by Gasteiger charge is 2.61.